The van der Waals surface area contributed by atoms with Crippen molar-refractivity contribution in [1.82, 2.24) is 10.3 Å². The van der Waals surface area contributed by atoms with Gasteiger partial charge in [-0.15, -0.1) is 0 Å². The largest absolute Gasteiger partial charge is 0.358 e. The number of H-pyrrole nitrogens is 1. The van der Waals surface area contributed by atoms with Crippen molar-refractivity contribution in [3.63, 3.8) is 0 Å². The molecule has 3 nitrogen and oxygen atoms in total. The van der Waals surface area contributed by atoms with Gasteiger partial charge in [-0.3, -0.25) is 4.79 Å². The molecule has 0 aliphatic rings. The van der Waals surface area contributed by atoms with Crippen molar-refractivity contribution in [2.75, 3.05) is 0 Å². The molecule has 0 saturated carbocycles. The highest BCUT2D eigenvalue weighted by Crippen LogP contribution is 2.22. The quantitative estimate of drug-likeness (QED) is 0.853. The molecule has 108 valence electrons. The van der Waals surface area contributed by atoms with E-state index in [4.69, 9.17) is 0 Å². The third-order valence-corrected chi connectivity index (χ3v) is 3.81. The van der Waals surface area contributed by atoms with Crippen LogP contribution in [0.5, 0.6) is 0 Å². The minimum absolute atomic E-state index is 0.140. The minimum atomic E-state index is 0.140. The van der Waals surface area contributed by atoms with Crippen LogP contribution < -0.4 is 5.32 Å². The van der Waals surface area contributed by atoms with E-state index in [-0.39, 0.29) is 5.91 Å². The smallest absolute Gasteiger partial charge is 0.220 e. The van der Waals surface area contributed by atoms with Gasteiger partial charge in [0.15, 0.2) is 0 Å². The molecule has 3 heteroatoms. The van der Waals surface area contributed by atoms with Crippen LogP contribution in [-0.2, 0) is 11.3 Å². The van der Waals surface area contributed by atoms with E-state index in [0.717, 1.165) is 17.5 Å². The zero-order valence-electron chi connectivity index (χ0n) is 12.8. The van der Waals surface area contributed by atoms with Gasteiger partial charge < -0.3 is 10.3 Å². The van der Waals surface area contributed by atoms with Crippen molar-refractivity contribution in [2.45, 2.75) is 47.1 Å². The molecule has 1 heterocycles. The number of carbonyl (C=O) groups excluding carboxylic acids is 1. The van der Waals surface area contributed by atoms with Crippen molar-refractivity contribution in [3.8, 4) is 0 Å². The second-order valence-corrected chi connectivity index (χ2v) is 5.96. The maximum Gasteiger partial charge on any atom is 0.220 e. The van der Waals surface area contributed by atoms with Gasteiger partial charge in [0.1, 0.15) is 0 Å². The van der Waals surface area contributed by atoms with Gasteiger partial charge >= 0.3 is 0 Å². The number of aromatic amines is 1. The maximum atomic E-state index is 11.7. The normalized spacial score (nSPS) is 11.2. The molecule has 0 aliphatic heterocycles. The summed E-state index contributed by atoms with van der Waals surface area (Å²) >= 11 is 0. The van der Waals surface area contributed by atoms with Crippen LogP contribution in [0.2, 0.25) is 0 Å². The summed E-state index contributed by atoms with van der Waals surface area (Å²) < 4.78 is 0. The Morgan fingerprint density at radius 2 is 2.05 bits per heavy atom. The average Bonchev–Trinajstić information content (AvgIpc) is 2.69. The number of hydrogen-bond donors (Lipinski definition) is 2. The van der Waals surface area contributed by atoms with Gasteiger partial charge in [-0.1, -0.05) is 19.9 Å². The highest BCUT2D eigenvalue weighted by atomic mass is 16.1. The topological polar surface area (TPSA) is 44.9 Å². The predicted octanol–water partition coefficient (Wildman–Crippen LogP) is 3.84. The molecule has 0 atom stereocenters. The Kier molecular flexibility index (Phi) is 4.48. The fourth-order valence-electron chi connectivity index (χ4n) is 2.33. The highest BCUT2D eigenvalue weighted by molar-refractivity contribution is 5.85. The zero-order chi connectivity index (χ0) is 14.7. The van der Waals surface area contributed by atoms with Gasteiger partial charge in [0, 0.05) is 29.6 Å². The number of fused-ring (bicyclic) bond motifs is 1. The first kappa shape index (κ1) is 14.6. The lowest BCUT2D eigenvalue weighted by molar-refractivity contribution is -0.121. The van der Waals surface area contributed by atoms with Crippen LogP contribution in [0.1, 0.15) is 43.5 Å². The Balaban J connectivity index is 2.00. The number of nitrogens with one attached hydrogen (secondary N) is 2. The SMILES string of the molecule is Cc1[nH]c2ccc(CNC(=O)CCC(C)C)cc2c1C. The van der Waals surface area contributed by atoms with E-state index in [9.17, 15) is 4.79 Å². The zero-order valence-corrected chi connectivity index (χ0v) is 12.8. The third-order valence-electron chi connectivity index (χ3n) is 3.81. The molecule has 0 fully saturated rings. The first-order chi connectivity index (χ1) is 9.47. The number of benzene rings is 1. The van der Waals surface area contributed by atoms with Crippen LogP contribution in [0.15, 0.2) is 18.2 Å². The number of hydrogen-bond acceptors (Lipinski definition) is 1. The van der Waals surface area contributed by atoms with Gasteiger partial charge in [-0.2, -0.15) is 0 Å². The molecule has 0 spiro atoms. The summed E-state index contributed by atoms with van der Waals surface area (Å²) in [5.41, 5.74) is 4.80. The molecule has 1 aromatic heterocycles. The molecule has 0 unspecified atom stereocenters. The fourth-order valence-corrected chi connectivity index (χ4v) is 2.33. The van der Waals surface area contributed by atoms with E-state index >= 15 is 0 Å². The van der Waals surface area contributed by atoms with Gasteiger partial charge in [0.25, 0.3) is 0 Å². The number of rotatable bonds is 5. The first-order valence-electron chi connectivity index (χ1n) is 7.32. The standard InChI is InChI=1S/C17H24N2O/c1-11(2)5-8-17(20)18-10-14-6-7-16-15(9-14)12(3)13(4)19-16/h6-7,9,11,19H,5,8,10H2,1-4H3,(H,18,20). The number of aromatic nitrogens is 1. The van der Waals surface area contributed by atoms with Crippen LogP contribution >= 0.6 is 0 Å². The van der Waals surface area contributed by atoms with Crippen LogP contribution in [0.4, 0.5) is 0 Å². The Labute approximate surface area is 120 Å². The molecule has 2 N–H and O–H groups in total. The lowest BCUT2D eigenvalue weighted by atomic mass is 10.1. The van der Waals surface area contributed by atoms with E-state index in [1.54, 1.807) is 0 Å². The second kappa shape index (κ2) is 6.12. The molecule has 0 aliphatic carbocycles. The Bertz CT molecular complexity index is 611. The molecule has 0 radical (unpaired) electrons. The van der Waals surface area contributed by atoms with E-state index in [1.165, 1.54) is 16.6 Å². The number of aryl methyl sites for hydroxylation is 2. The predicted molar refractivity (Wildman–Crippen MR) is 83.7 cm³/mol. The summed E-state index contributed by atoms with van der Waals surface area (Å²) in [5, 5.41) is 4.24. The summed E-state index contributed by atoms with van der Waals surface area (Å²) in [6.45, 7) is 9.09. The van der Waals surface area contributed by atoms with Crippen molar-refractivity contribution >= 4 is 16.8 Å². The lowest BCUT2D eigenvalue weighted by Gasteiger charge is -2.07. The van der Waals surface area contributed by atoms with Gasteiger partial charge in [0.05, 0.1) is 0 Å². The van der Waals surface area contributed by atoms with Crippen LogP contribution in [0, 0.1) is 19.8 Å². The number of amides is 1. The fraction of sp³-hybridized carbons (Fsp3) is 0.471. The molecule has 1 amide bonds. The van der Waals surface area contributed by atoms with E-state index in [2.05, 4.69) is 56.2 Å². The molecular weight excluding hydrogens is 248 g/mol. The average molecular weight is 272 g/mol. The van der Waals surface area contributed by atoms with E-state index in [1.807, 2.05) is 0 Å². The molecule has 2 aromatic rings. The third kappa shape index (κ3) is 3.41. The van der Waals surface area contributed by atoms with Crippen molar-refractivity contribution in [2.24, 2.45) is 5.92 Å². The molecule has 0 saturated heterocycles. The molecule has 2 rings (SSSR count). The Morgan fingerprint density at radius 1 is 1.30 bits per heavy atom. The van der Waals surface area contributed by atoms with Gasteiger partial charge in [-0.25, -0.2) is 0 Å². The lowest BCUT2D eigenvalue weighted by Crippen LogP contribution is -2.22. The van der Waals surface area contributed by atoms with Crippen LogP contribution in [0.3, 0.4) is 0 Å². The van der Waals surface area contributed by atoms with Crippen LogP contribution in [0.25, 0.3) is 10.9 Å². The van der Waals surface area contributed by atoms with Crippen molar-refractivity contribution in [3.05, 3.63) is 35.0 Å². The van der Waals surface area contributed by atoms with Crippen molar-refractivity contribution in [1.29, 1.82) is 0 Å². The summed E-state index contributed by atoms with van der Waals surface area (Å²) in [6, 6.07) is 6.32. The van der Waals surface area contributed by atoms with Crippen molar-refractivity contribution < 1.29 is 4.79 Å². The van der Waals surface area contributed by atoms with E-state index < -0.39 is 0 Å². The van der Waals surface area contributed by atoms with Gasteiger partial charge in [0.2, 0.25) is 5.91 Å². The Morgan fingerprint density at radius 3 is 2.75 bits per heavy atom. The Hall–Kier alpha value is -1.77. The monoisotopic (exact) mass is 272 g/mol. The first-order valence-corrected chi connectivity index (χ1v) is 7.32. The molecule has 1 aromatic carbocycles. The second-order valence-electron chi connectivity index (χ2n) is 5.96. The number of carbonyl (C=O) groups is 1. The highest BCUT2D eigenvalue weighted by Gasteiger charge is 2.06. The molecule has 20 heavy (non-hydrogen) atoms. The summed E-state index contributed by atoms with van der Waals surface area (Å²) in [6.07, 6.45) is 1.56. The summed E-state index contributed by atoms with van der Waals surface area (Å²) in [5.74, 6) is 0.711. The van der Waals surface area contributed by atoms with Gasteiger partial charge in [-0.05, 0) is 49.4 Å². The summed E-state index contributed by atoms with van der Waals surface area (Å²) in [7, 11) is 0. The van der Waals surface area contributed by atoms with Crippen LogP contribution in [-0.4, -0.2) is 10.9 Å². The molecule has 0 bridgehead atoms. The molecular formula is C17H24N2O. The maximum absolute atomic E-state index is 11.7. The van der Waals surface area contributed by atoms with E-state index in [0.29, 0.717) is 18.9 Å². The summed E-state index contributed by atoms with van der Waals surface area (Å²) in [4.78, 5) is 15.1. The minimum Gasteiger partial charge on any atom is -0.358 e.